The molecule has 0 aromatic carbocycles. The van der Waals surface area contributed by atoms with Crippen LogP contribution >= 0.6 is 10.7 Å². The van der Waals surface area contributed by atoms with Crippen LogP contribution in [0.3, 0.4) is 0 Å². The van der Waals surface area contributed by atoms with Crippen molar-refractivity contribution in [2.75, 3.05) is 14.2 Å². The van der Waals surface area contributed by atoms with Gasteiger partial charge in [-0.1, -0.05) is 0 Å². The van der Waals surface area contributed by atoms with Gasteiger partial charge in [-0.25, -0.2) is 8.42 Å². The van der Waals surface area contributed by atoms with Crippen LogP contribution in [0.15, 0.2) is 0 Å². The molecule has 2 rings (SSSR count). The lowest BCUT2D eigenvalue weighted by Gasteiger charge is -2.44. The largest absolute Gasteiger partial charge is 0.381 e. The Bertz CT molecular complexity index is 376. The molecule has 0 aromatic heterocycles. The highest BCUT2D eigenvalue weighted by Crippen LogP contribution is 2.44. The minimum atomic E-state index is -3.48. The van der Waals surface area contributed by atoms with Crippen LogP contribution in [-0.4, -0.2) is 40.1 Å². The van der Waals surface area contributed by atoms with Gasteiger partial charge in [-0.15, -0.1) is 0 Å². The molecule has 2 saturated carbocycles. The summed E-state index contributed by atoms with van der Waals surface area (Å²) in [6, 6.07) is 0. The predicted octanol–water partition coefficient (Wildman–Crippen LogP) is 2.16. The lowest BCUT2D eigenvalue weighted by Crippen LogP contribution is -2.45. The molecule has 18 heavy (non-hydrogen) atoms. The first-order chi connectivity index (χ1) is 8.45. The molecule has 5 unspecified atom stereocenters. The van der Waals surface area contributed by atoms with E-state index in [0.29, 0.717) is 24.7 Å². The fourth-order valence-corrected chi connectivity index (χ4v) is 4.89. The molecular weight excluding hydrogens is 276 g/mol. The van der Waals surface area contributed by atoms with Gasteiger partial charge in [-0.3, -0.25) is 0 Å². The molecule has 2 aliphatic rings. The van der Waals surface area contributed by atoms with Crippen molar-refractivity contribution >= 4 is 19.7 Å². The fraction of sp³-hybridized carbons (Fsp3) is 1.00. The van der Waals surface area contributed by atoms with Crippen molar-refractivity contribution in [1.82, 2.24) is 0 Å². The van der Waals surface area contributed by atoms with Gasteiger partial charge in [0.15, 0.2) is 0 Å². The molecule has 0 amide bonds. The summed E-state index contributed by atoms with van der Waals surface area (Å²) < 4.78 is 34.0. The Morgan fingerprint density at radius 1 is 1.06 bits per heavy atom. The number of hydrogen-bond acceptors (Lipinski definition) is 4. The van der Waals surface area contributed by atoms with Gasteiger partial charge in [-0.2, -0.15) is 0 Å². The van der Waals surface area contributed by atoms with E-state index >= 15 is 0 Å². The van der Waals surface area contributed by atoms with Gasteiger partial charge in [0, 0.05) is 24.9 Å². The summed E-state index contributed by atoms with van der Waals surface area (Å²) in [7, 11) is 5.43. The molecule has 4 nitrogen and oxygen atoms in total. The van der Waals surface area contributed by atoms with Gasteiger partial charge >= 0.3 is 0 Å². The highest BCUT2D eigenvalue weighted by molar-refractivity contribution is 8.14. The van der Waals surface area contributed by atoms with Crippen LogP contribution in [0.1, 0.15) is 32.1 Å². The SMILES string of the molecule is COC1CCC2CC(S(=O)(=O)Cl)CC(OC)C2C1. The molecule has 0 saturated heterocycles. The number of rotatable bonds is 3. The summed E-state index contributed by atoms with van der Waals surface area (Å²) in [6.07, 6.45) is 4.43. The van der Waals surface area contributed by atoms with Crippen molar-refractivity contribution in [2.45, 2.75) is 49.6 Å². The van der Waals surface area contributed by atoms with Crippen molar-refractivity contribution in [2.24, 2.45) is 11.8 Å². The summed E-state index contributed by atoms with van der Waals surface area (Å²) in [4.78, 5) is 0. The third-order valence-electron chi connectivity index (χ3n) is 4.57. The van der Waals surface area contributed by atoms with Gasteiger partial charge in [-0.05, 0) is 43.9 Å². The van der Waals surface area contributed by atoms with E-state index in [1.54, 1.807) is 14.2 Å². The van der Waals surface area contributed by atoms with Crippen LogP contribution in [0.2, 0.25) is 0 Å². The van der Waals surface area contributed by atoms with Gasteiger partial charge in [0.25, 0.3) is 0 Å². The molecule has 6 heteroatoms. The van der Waals surface area contributed by atoms with Gasteiger partial charge in [0.1, 0.15) is 0 Å². The monoisotopic (exact) mass is 296 g/mol. The zero-order chi connectivity index (χ0) is 13.3. The fourth-order valence-electron chi connectivity index (χ4n) is 3.56. The Labute approximate surface area is 113 Å². The second-order valence-electron chi connectivity index (χ2n) is 5.44. The van der Waals surface area contributed by atoms with Crippen molar-refractivity contribution in [3.63, 3.8) is 0 Å². The molecule has 2 aliphatic carbocycles. The van der Waals surface area contributed by atoms with Gasteiger partial charge in [0.2, 0.25) is 9.05 Å². The minimum Gasteiger partial charge on any atom is -0.381 e. The molecule has 5 atom stereocenters. The normalized spacial score (nSPS) is 41.4. The summed E-state index contributed by atoms with van der Waals surface area (Å²) in [5.41, 5.74) is 0. The average molecular weight is 297 g/mol. The maximum Gasteiger partial charge on any atom is 0.235 e. The Kier molecular flexibility index (Phi) is 4.57. The van der Waals surface area contributed by atoms with E-state index < -0.39 is 14.3 Å². The molecule has 0 aliphatic heterocycles. The van der Waals surface area contributed by atoms with E-state index in [1.807, 2.05) is 0 Å². The molecule has 0 heterocycles. The van der Waals surface area contributed by atoms with Crippen LogP contribution in [0, 0.1) is 11.8 Å². The van der Waals surface area contributed by atoms with E-state index in [0.717, 1.165) is 19.3 Å². The van der Waals surface area contributed by atoms with Crippen LogP contribution in [0.25, 0.3) is 0 Å². The number of methoxy groups -OCH3 is 2. The van der Waals surface area contributed by atoms with Gasteiger partial charge in [0.05, 0.1) is 17.5 Å². The second kappa shape index (κ2) is 5.65. The predicted molar refractivity (Wildman–Crippen MR) is 70.2 cm³/mol. The number of ether oxygens (including phenoxy) is 2. The molecule has 0 aromatic rings. The summed E-state index contributed by atoms with van der Waals surface area (Å²) >= 11 is 0. The van der Waals surface area contributed by atoms with E-state index in [9.17, 15) is 8.42 Å². The van der Waals surface area contributed by atoms with Crippen LogP contribution < -0.4 is 0 Å². The average Bonchev–Trinajstić information content (AvgIpc) is 2.35. The summed E-state index contributed by atoms with van der Waals surface area (Å²) in [6.45, 7) is 0. The zero-order valence-electron chi connectivity index (χ0n) is 10.8. The van der Waals surface area contributed by atoms with E-state index in [4.69, 9.17) is 20.2 Å². The number of halogens is 1. The molecule has 0 N–H and O–H groups in total. The first-order valence-electron chi connectivity index (χ1n) is 6.44. The highest BCUT2D eigenvalue weighted by atomic mass is 35.7. The topological polar surface area (TPSA) is 52.6 Å². The first kappa shape index (κ1) is 14.6. The van der Waals surface area contributed by atoms with Crippen LogP contribution in [0.5, 0.6) is 0 Å². The second-order valence-corrected chi connectivity index (χ2v) is 8.35. The summed E-state index contributed by atoms with van der Waals surface area (Å²) in [5, 5.41) is -0.454. The Balaban J connectivity index is 2.12. The van der Waals surface area contributed by atoms with E-state index in [2.05, 4.69) is 0 Å². The van der Waals surface area contributed by atoms with E-state index in [1.165, 1.54) is 0 Å². The quantitative estimate of drug-likeness (QED) is 0.749. The Morgan fingerprint density at radius 3 is 2.33 bits per heavy atom. The van der Waals surface area contributed by atoms with Crippen molar-refractivity contribution in [3.8, 4) is 0 Å². The Hall–Kier alpha value is 0.160. The van der Waals surface area contributed by atoms with Crippen molar-refractivity contribution in [3.05, 3.63) is 0 Å². The molecule has 0 spiro atoms. The maximum absolute atomic E-state index is 11.5. The molecule has 2 fully saturated rings. The Morgan fingerprint density at radius 2 is 1.78 bits per heavy atom. The van der Waals surface area contributed by atoms with Gasteiger partial charge < -0.3 is 9.47 Å². The lowest BCUT2D eigenvalue weighted by molar-refractivity contribution is -0.0591. The highest BCUT2D eigenvalue weighted by Gasteiger charge is 2.44. The van der Waals surface area contributed by atoms with Crippen LogP contribution in [0.4, 0.5) is 0 Å². The van der Waals surface area contributed by atoms with E-state index in [-0.39, 0.29) is 12.2 Å². The lowest BCUT2D eigenvalue weighted by atomic mass is 9.68. The smallest absolute Gasteiger partial charge is 0.235 e. The zero-order valence-corrected chi connectivity index (χ0v) is 12.4. The third kappa shape index (κ3) is 3.00. The molecule has 0 radical (unpaired) electrons. The standard InChI is InChI=1S/C12H21ClO4S/c1-16-9-4-3-8-5-10(18(13,14)15)7-12(17-2)11(8)6-9/h8-12H,3-7H2,1-2H3. The van der Waals surface area contributed by atoms with Crippen molar-refractivity contribution in [1.29, 1.82) is 0 Å². The third-order valence-corrected chi connectivity index (χ3v) is 6.51. The summed E-state index contributed by atoms with van der Waals surface area (Å²) in [5.74, 6) is 0.803. The molecular formula is C12H21ClO4S. The van der Waals surface area contributed by atoms with Crippen LogP contribution in [-0.2, 0) is 18.5 Å². The number of fused-ring (bicyclic) bond motifs is 1. The van der Waals surface area contributed by atoms with Crippen molar-refractivity contribution < 1.29 is 17.9 Å². The first-order valence-corrected chi connectivity index (χ1v) is 8.82. The molecule has 106 valence electrons. The maximum atomic E-state index is 11.5. The molecule has 0 bridgehead atoms. The minimum absolute atomic E-state index is 0.0137. The number of hydrogen-bond donors (Lipinski definition) is 0.